The van der Waals surface area contributed by atoms with E-state index >= 15 is 0 Å². The molecule has 2 saturated heterocycles. The summed E-state index contributed by atoms with van der Waals surface area (Å²) in [5.41, 5.74) is 0.0965. The maximum absolute atomic E-state index is 10.2. The molecule has 3 unspecified atom stereocenters. The largest absolute Gasteiger partial charge is 0.392 e. The Morgan fingerprint density at radius 2 is 2.47 bits per heavy atom. The fraction of sp³-hybridized carbons (Fsp3) is 1.00. The van der Waals surface area contributed by atoms with Gasteiger partial charge in [0.2, 0.25) is 0 Å². The van der Waals surface area contributed by atoms with Crippen molar-refractivity contribution in [3.63, 3.8) is 0 Å². The van der Waals surface area contributed by atoms with Crippen LogP contribution in [0.3, 0.4) is 0 Å². The molecular weight excluding hydrogens is 234 g/mol. The van der Waals surface area contributed by atoms with E-state index in [2.05, 4.69) is 12.2 Å². The van der Waals surface area contributed by atoms with Gasteiger partial charge < -0.3 is 15.2 Å². The van der Waals surface area contributed by atoms with Gasteiger partial charge in [0.05, 0.1) is 11.7 Å². The highest BCUT2D eigenvalue weighted by Crippen LogP contribution is 2.41. The zero-order valence-corrected chi connectivity index (χ0v) is 11.6. The van der Waals surface area contributed by atoms with Crippen LogP contribution in [0.1, 0.15) is 32.6 Å². The Balaban J connectivity index is 1.79. The number of thioether (sulfide) groups is 1. The third-order valence-electron chi connectivity index (χ3n) is 3.92. The number of hydrogen-bond acceptors (Lipinski definition) is 4. The zero-order valence-electron chi connectivity index (χ0n) is 10.8. The van der Waals surface area contributed by atoms with E-state index in [0.717, 1.165) is 44.7 Å². The van der Waals surface area contributed by atoms with E-state index in [9.17, 15) is 5.11 Å². The van der Waals surface area contributed by atoms with E-state index < -0.39 is 0 Å². The topological polar surface area (TPSA) is 41.5 Å². The Hall–Kier alpha value is 0.230. The van der Waals surface area contributed by atoms with Crippen molar-refractivity contribution in [1.82, 2.24) is 5.32 Å². The number of ether oxygens (including phenoxy) is 1. The first-order chi connectivity index (χ1) is 8.26. The molecule has 0 amide bonds. The Labute approximate surface area is 109 Å². The quantitative estimate of drug-likeness (QED) is 0.737. The molecule has 0 radical (unpaired) electrons. The molecular formula is C13H25NO2S. The fourth-order valence-corrected chi connectivity index (χ4v) is 4.23. The van der Waals surface area contributed by atoms with Crippen LogP contribution in [0, 0.1) is 5.92 Å². The van der Waals surface area contributed by atoms with Crippen molar-refractivity contribution in [3.8, 4) is 0 Å². The van der Waals surface area contributed by atoms with Crippen LogP contribution in [0.2, 0.25) is 0 Å². The van der Waals surface area contributed by atoms with Crippen molar-refractivity contribution in [3.05, 3.63) is 0 Å². The van der Waals surface area contributed by atoms with Gasteiger partial charge in [-0.25, -0.2) is 0 Å². The second-order valence-electron chi connectivity index (χ2n) is 5.36. The minimum absolute atomic E-state index is 0.0965. The Kier molecular flexibility index (Phi) is 5.15. The average molecular weight is 259 g/mol. The third kappa shape index (κ3) is 3.60. The van der Waals surface area contributed by atoms with Crippen molar-refractivity contribution in [2.24, 2.45) is 5.92 Å². The lowest BCUT2D eigenvalue weighted by Gasteiger charge is -2.39. The minimum Gasteiger partial charge on any atom is -0.392 e. The summed E-state index contributed by atoms with van der Waals surface area (Å²) in [4.78, 5) is 0. The Morgan fingerprint density at radius 1 is 1.59 bits per heavy atom. The van der Waals surface area contributed by atoms with Crippen molar-refractivity contribution < 1.29 is 9.84 Å². The van der Waals surface area contributed by atoms with Gasteiger partial charge in [0.15, 0.2) is 0 Å². The summed E-state index contributed by atoms with van der Waals surface area (Å²) >= 11 is 1.99. The smallest absolute Gasteiger partial charge is 0.0783 e. The normalized spacial score (nSPS) is 35.3. The molecule has 3 atom stereocenters. The van der Waals surface area contributed by atoms with Gasteiger partial charge in [-0.1, -0.05) is 6.92 Å². The molecule has 0 aliphatic carbocycles. The first kappa shape index (κ1) is 13.7. The molecule has 0 aromatic carbocycles. The predicted molar refractivity (Wildman–Crippen MR) is 72.5 cm³/mol. The highest BCUT2D eigenvalue weighted by Gasteiger charge is 2.42. The van der Waals surface area contributed by atoms with Crippen molar-refractivity contribution in [2.75, 3.05) is 31.2 Å². The molecule has 2 aliphatic rings. The first-order valence-electron chi connectivity index (χ1n) is 6.86. The van der Waals surface area contributed by atoms with E-state index in [4.69, 9.17) is 4.74 Å². The Bertz CT molecular complexity index is 231. The maximum Gasteiger partial charge on any atom is 0.0783 e. The SMILES string of the molecule is CCCNCC(O)C1CCOC2(CCSC2)C1. The summed E-state index contributed by atoms with van der Waals surface area (Å²) in [7, 11) is 0. The molecule has 2 fully saturated rings. The van der Waals surface area contributed by atoms with Gasteiger partial charge in [-0.3, -0.25) is 0 Å². The van der Waals surface area contributed by atoms with Gasteiger partial charge in [0, 0.05) is 18.9 Å². The summed E-state index contributed by atoms with van der Waals surface area (Å²) in [5, 5.41) is 13.5. The standard InChI is InChI=1S/C13H25NO2S/c1-2-5-14-9-12(15)11-3-6-16-13(8-11)4-7-17-10-13/h11-12,14-15H,2-10H2,1H3. The molecule has 2 heterocycles. The maximum atomic E-state index is 10.2. The lowest BCUT2D eigenvalue weighted by molar-refractivity contribution is -0.100. The monoisotopic (exact) mass is 259 g/mol. The van der Waals surface area contributed by atoms with E-state index in [1.165, 1.54) is 12.2 Å². The van der Waals surface area contributed by atoms with Crippen molar-refractivity contribution >= 4 is 11.8 Å². The third-order valence-corrected chi connectivity index (χ3v) is 5.15. The average Bonchev–Trinajstić information content (AvgIpc) is 2.77. The molecule has 0 bridgehead atoms. The molecule has 0 aromatic rings. The van der Waals surface area contributed by atoms with Crippen molar-refractivity contribution in [2.45, 2.75) is 44.3 Å². The van der Waals surface area contributed by atoms with E-state index in [1.54, 1.807) is 0 Å². The van der Waals surface area contributed by atoms with Crippen LogP contribution in [-0.2, 0) is 4.74 Å². The van der Waals surface area contributed by atoms with Crippen molar-refractivity contribution in [1.29, 1.82) is 0 Å². The van der Waals surface area contributed by atoms with Gasteiger partial charge in [-0.15, -0.1) is 0 Å². The Morgan fingerprint density at radius 3 is 3.18 bits per heavy atom. The molecule has 0 saturated carbocycles. The number of rotatable bonds is 5. The molecule has 2 aliphatic heterocycles. The number of nitrogens with one attached hydrogen (secondary N) is 1. The van der Waals surface area contributed by atoms with E-state index in [1.807, 2.05) is 11.8 Å². The zero-order chi connectivity index (χ0) is 12.1. The van der Waals surface area contributed by atoms with E-state index in [-0.39, 0.29) is 11.7 Å². The number of aliphatic hydroxyl groups is 1. The summed E-state index contributed by atoms with van der Waals surface area (Å²) in [6.45, 7) is 4.72. The minimum atomic E-state index is -0.201. The second-order valence-corrected chi connectivity index (χ2v) is 6.46. The first-order valence-corrected chi connectivity index (χ1v) is 8.02. The van der Waals surface area contributed by atoms with Gasteiger partial charge in [-0.2, -0.15) is 11.8 Å². The van der Waals surface area contributed by atoms with E-state index in [0.29, 0.717) is 5.92 Å². The summed E-state index contributed by atoms with van der Waals surface area (Å²) in [6.07, 6.45) is 4.16. The molecule has 2 rings (SSSR count). The van der Waals surface area contributed by atoms with Gasteiger partial charge in [-0.05, 0) is 43.9 Å². The molecule has 4 heteroatoms. The van der Waals surface area contributed by atoms with Crippen LogP contribution < -0.4 is 5.32 Å². The van der Waals surface area contributed by atoms with Crippen LogP contribution >= 0.6 is 11.8 Å². The van der Waals surface area contributed by atoms with Gasteiger partial charge >= 0.3 is 0 Å². The van der Waals surface area contributed by atoms with Crippen LogP contribution in [0.15, 0.2) is 0 Å². The molecule has 17 heavy (non-hydrogen) atoms. The lowest BCUT2D eigenvalue weighted by atomic mass is 9.82. The number of hydrogen-bond donors (Lipinski definition) is 2. The molecule has 1 spiro atoms. The van der Waals surface area contributed by atoms with Crippen LogP contribution in [0.4, 0.5) is 0 Å². The van der Waals surface area contributed by atoms with Gasteiger partial charge in [0.1, 0.15) is 0 Å². The van der Waals surface area contributed by atoms with Gasteiger partial charge in [0.25, 0.3) is 0 Å². The number of aliphatic hydroxyl groups excluding tert-OH is 1. The molecule has 0 aromatic heterocycles. The second kappa shape index (κ2) is 6.41. The van der Waals surface area contributed by atoms with Crippen LogP contribution in [0.5, 0.6) is 0 Å². The highest BCUT2D eigenvalue weighted by molar-refractivity contribution is 7.99. The molecule has 100 valence electrons. The summed E-state index contributed by atoms with van der Waals surface area (Å²) in [6, 6.07) is 0. The summed E-state index contributed by atoms with van der Waals surface area (Å²) < 4.78 is 5.98. The lowest BCUT2D eigenvalue weighted by Crippen LogP contribution is -2.45. The highest BCUT2D eigenvalue weighted by atomic mass is 32.2. The van der Waals surface area contributed by atoms with Crippen LogP contribution in [-0.4, -0.2) is 48.0 Å². The molecule has 2 N–H and O–H groups in total. The summed E-state index contributed by atoms with van der Waals surface area (Å²) in [5.74, 6) is 2.77. The van der Waals surface area contributed by atoms with Crippen LogP contribution in [0.25, 0.3) is 0 Å². The predicted octanol–water partition coefficient (Wildman–Crippen LogP) is 1.65. The fourth-order valence-electron chi connectivity index (χ4n) is 2.85. The molecule has 3 nitrogen and oxygen atoms in total.